The molecule has 0 bridgehead atoms. The zero-order valence-corrected chi connectivity index (χ0v) is 12.3. The number of nitro benzene ring substituents is 1. The Kier molecular flexibility index (Phi) is 3.47. The first kappa shape index (κ1) is 14.7. The molecule has 0 spiro atoms. The summed E-state index contributed by atoms with van der Waals surface area (Å²) in [7, 11) is -2.28. The number of nitrogens with zero attached hydrogens (tertiary/aromatic N) is 1. The minimum absolute atomic E-state index is 0.0905. The van der Waals surface area contributed by atoms with Gasteiger partial charge < -0.3 is 5.32 Å². The third kappa shape index (κ3) is 2.75. The molecule has 2 N–H and O–H groups in total. The lowest BCUT2D eigenvalue weighted by Crippen LogP contribution is -2.29. The van der Waals surface area contributed by atoms with Crippen molar-refractivity contribution in [1.29, 1.82) is 0 Å². The number of benzene rings is 1. The van der Waals surface area contributed by atoms with Crippen molar-refractivity contribution in [3.05, 3.63) is 28.3 Å². The molecular weight excluding hydrogens is 282 g/mol. The second kappa shape index (κ2) is 4.71. The fraction of sp³-hybridized carbons (Fsp3) is 0.500. The average molecular weight is 299 g/mol. The Morgan fingerprint density at radius 2 is 2.00 bits per heavy atom. The van der Waals surface area contributed by atoms with Crippen LogP contribution in [0.1, 0.15) is 20.3 Å². The van der Waals surface area contributed by atoms with Crippen molar-refractivity contribution in [2.45, 2.75) is 31.2 Å². The Morgan fingerprint density at radius 3 is 2.45 bits per heavy atom. The number of anilines is 1. The Balaban J connectivity index is 2.38. The predicted molar refractivity (Wildman–Crippen MR) is 75.2 cm³/mol. The maximum Gasteiger partial charge on any atom is 0.291 e. The van der Waals surface area contributed by atoms with E-state index in [-0.39, 0.29) is 16.4 Å². The van der Waals surface area contributed by atoms with Gasteiger partial charge >= 0.3 is 0 Å². The van der Waals surface area contributed by atoms with Crippen molar-refractivity contribution < 1.29 is 13.3 Å². The van der Waals surface area contributed by atoms with E-state index in [1.807, 2.05) is 13.8 Å². The average Bonchev–Trinajstić information content (AvgIpc) is 2.94. The quantitative estimate of drug-likeness (QED) is 0.636. The van der Waals surface area contributed by atoms with E-state index >= 15 is 0 Å². The molecule has 1 aliphatic carbocycles. The summed E-state index contributed by atoms with van der Waals surface area (Å²) in [6.45, 7) is 3.89. The Bertz CT molecular complexity index is 655. The van der Waals surface area contributed by atoms with Gasteiger partial charge in [0.25, 0.3) is 5.69 Å². The van der Waals surface area contributed by atoms with E-state index in [1.165, 1.54) is 18.2 Å². The first-order chi connectivity index (χ1) is 9.17. The fourth-order valence-corrected chi connectivity index (χ4v) is 3.52. The molecule has 7 nitrogen and oxygen atoms in total. The van der Waals surface area contributed by atoms with Crippen LogP contribution in [0.5, 0.6) is 0 Å². The summed E-state index contributed by atoms with van der Waals surface area (Å²) in [5.74, 6) is 0. The van der Waals surface area contributed by atoms with Gasteiger partial charge in [0.15, 0.2) is 4.90 Å². The lowest BCUT2D eigenvalue weighted by molar-refractivity contribution is -0.387. The minimum Gasteiger partial charge on any atom is -0.388 e. The van der Waals surface area contributed by atoms with Crippen molar-refractivity contribution in [3.8, 4) is 0 Å². The SMILES string of the molecule is CNc1ccc(S(=O)(=O)NC2CC2(C)C)c([N+](=O)[O-])c1. The monoisotopic (exact) mass is 299 g/mol. The molecule has 1 aromatic rings. The first-order valence-electron chi connectivity index (χ1n) is 6.16. The minimum atomic E-state index is -3.89. The van der Waals surface area contributed by atoms with E-state index in [9.17, 15) is 18.5 Å². The number of rotatable bonds is 5. The molecule has 2 rings (SSSR count). The van der Waals surface area contributed by atoms with Crippen LogP contribution in [0.3, 0.4) is 0 Å². The Labute approximate surface area is 117 Å². The molecular formula is C12H17N3O4S. The van der Waals surface area contributed by atoms with Gasteiger partial charge in [-0.25, -0.2) is 13.1 Å². The number of nitro groups is 1. The summed E-state index contributed by atoms with van der Waals surface area (Å²) < 4.78 is 27.0. The molecule has 20 heavy (non-hydrogen) atoms. The molecule has 1 unspecified atom stereocenters. The van der Waals surface area contributed by atoms with Crippen LogP contribution in [0.15, 0.2) is 23.1 Å². The van der Waals surface area contributed by atoms with Gasteiger partial charge in [0.2, 0.25) is 10.0 Å². The highest BCUT2D eigenvalue weighted by atomic mass is 32.2. The Hall–Kier alpha value is -1.67. The molecule has 110 valence electrons. The number of hydrogen-bond donors (Lipinski definition) is 2. The third-order valence-electron chi connectivity index (χ3n) is 3.54. The summed E-state index contributed by atoms with van der Waals surface area (Å²) in [6.07, 6.45) is 0.731. The van der Waals surface area contributed by atoms with Gasteiger partial charge in [0, 0.05) is 24.8 Å². The van der Waals surface area contributed by atoms with Crippen molar-refractivity contribution >= 4 is 21.4 Å². The molecule has 0 saturated heterocycles. The second-order valence-electron chi connectivity index (χ2n) is 5.56. The summed E-state index contributed by atoms with van der Waals surface area (Å²) in [6, 6.07) is 3.80. The topological polar surface area (TPSA) is 101 Å². The number of nitrogens with one attached hydrogen (secondary N) is 2. The maximum absolute atomic E-state index is 12.3. The second-order valence-corrected chi connectivity index (χ2v) is 7.24. The lowest BCUT2D eigenvalue weighted by Gasteiger charge is -2.09. The van der Waals surface area contributed by atoms with Gasteiger partial charge in [0.1, 0.15) is 0 Å². The highest BCUT2D eigenvalue weighted by Gasteiger charge is 2.48. The van der Waals surface area contributed by atoms with Crippen molar-refractivity contribution in [3.63, 3.8) is 0 Å². The molecule has 1 aliphatic rings. The fourth-order valence-electron chi connectivity index (χ4n) is 1.96. The summed E-state index contributed by atoms with van der Waals surface area (Å²) in [5.41, 5.74) is -0.0301. The lowest BCUT2D eigenvalue weighted by atomic mass is 10.2. The van der Waals surface area contributed by atoms with Crippen LogP contribution in [-0.4, -0.2) is 26.4 Å². The standard InChI is InChI=1S/C12H17N3O4S/c1-12(2)7-11(12)14-20(18,19)10-5-4-8(13-3)6-9(10)15(16)17/h4-6,11,13-14H,7H2,1-3H3. The van der Waals surface area contributed by atoms with E-state index in [4.69, 9.17) is 0 Å². The van der Waals surface area contributed by atoms with Gasteiger partial charge in [0.05, 0.1) is 4.92 Å². The highest BCUT2D eigenvalue weighted by molar-refractivity contribution is 7.89. The molecule has 1 saturated carbocycles. The van der Waals surface area contributed by atoms with E-state index in [0.29, 0.717) is 5.69 Å². The van der Waals surface area contributed by atoms with Gasteiger partial charge in [-0.2, -0.15) is 0 Å². The van der Waals surface area contributed by atoms with Crippen molar-refractivity contribution in [2.24, 2.45) is 5.41 Å². The zero-order chi connectivity index (χ0) is 15.1. The molecule has 0 amide bonds. The molecule has 1 atom stereocenters. The van der Waals surface area contributed by atoms with Gasteiger partial charge in [-0.05, 0) is 24.0 Å². The summed E-state index contributed by atoms with van der Waals surface area (Å²) >= 11 is 0. The first-order valence-corrected chi connectivity index (χ1v) is 7.64. The molecule has 0 radical (unpaired) electrons. The van der Waals surface area contributed by atoms with Crippen LogP contribution in [0.4, 0.5) is 11.4 Å². The molecule has 8 heteroatoms. The molecule has 0 aromatic heterocycles. The zero-order valence-electron chi connectivity index (χ0n) is 11.5. The van der Waals surface area contributed by atoms with Gasteiger partial charge in [-0.1, -0.05) is 13.8 Å². The van der Waals surface area contributed by atoms with Crippen LogP contribution in [0.25, 0.3) is 0 Å². The van der Waals surface area contributed by atoms with E-state index in [0.717, 1.165) is 6.42 Å². The van der Waals surface area contributed by atoms with Crippen molar-refractivity contribution in [1.82, 2.24) is 4.72 Å². The van der Waals surface area contributed by atoms with Crippen LogP contribution in [0.2, 0.25) is 0 Å². The molecule has 0 aliphatic heterocycles. The van der Waals surface area contributed by atoms with E-state index < -0.39 is 20.6 Å². The molecule has 1 aromatic carbocycles. The molecule has 1 fully saturated rings. The van der Waals surface area contributed by atoms with Crippen LogP contribution in [0, 0.1) is 15.5 Å². The van der Waals surface area contributed by atoms with Gasteiger partial charge in [-0.3, -0.25) is 10.1 Å². The normalized spacial score (nSPS) is 20.4. The van der Waals surface area contributed by atoms with Crippen molar-refractivity contribution in [2.75, 3.05) is 12.4 Å². The van der Waals surface area contributed by atoms with E-state index in [1.54, 1.807) is 7.05 Å². The van der Waals surface area contributed by atoms with Crippen LogP contribution in [-0.2, 0) is 10.0 Å². The predicted octanol–water partition coefficient (Wildman–Crippen LogP) is 1.71. The Morgan fingerprint density at radius 1 is 1.40 bits per heavy atom. The van der Waals surface area contributed by atoms with Crippen LogP contribution >= 0.6 is 0 Å². The van der Waals surface area contributed by atoms with Crippen LogP contribution < -0.4 is 10.0 Å². The smallest absolute Gasteiger partial charge is 0.291 e. The largest absolute Gasteiger partial charge is 0.388 e. The highest BCUT2D eigenvalue weighted by Crippen LogP contribution is 2.45. The number of hydrogen-bond acceptors (Lipinski definition) is 5. The van der Waals surface area contributed by atoms with E-state index in [2.05, 4.69) is 10.0 Å². The summed E-state index contributed by atoms with van der Waals surface area (Å²) in [5, 5.41) is 13.8. The maximum atomic E-state index is 12.3. The summed E-state index contributed by atoms with van der Waals surface area (Å²) in [4.78, 5) is 10.1. The third-order valence-corrected chi connectivity index (χ3v) is 5.06. The number of sulfonamides is 1. The molecule has 0 heterocycles. The van der Waals surface area contributed by atoms with Gasteiger partial charge in [-0.15, -0.1) is 0 Å².